The molecule has 0 saturated heterocycles. The minimum absolute atomic E-state index is 0.132. The SMILES string of the molecule is N#CCC#Cc1ccc(N)c(C(=O)c2ccccc2)c1. The van der Waals surface area contributed by atoms with Crippen LogP contribution >= 0.6 is 0 Å². The van der Waals surface area contributed by atoms with Crippen molar-refractivity contribution in [2.24, 2.45) is 0 Å². The van der Waals surface area contributed by atoms with Crippen molar-refractivity contribution in [2.75, 3.05) is 5.73 Å². The fourth-order valence-corrected chi connectivity index (χ4v) is 1.76. The highest BCUT2D eigenvalue weighted by Crippen LogP contribution is 2.18. The third-order valence-corrected chi connectivity index (χ3v) is 2.73. The van der Waals surface area contributed by atoms with Crippen molar-refractivity contribution in [2.45, 2.75) is 6.42 Å². The molecule has 0 spiro atoms. The second-order valence-electron chi connectivity index (χ2n) is 4.13. The maximum atomic E-state index is 12.4. The zero-order valence-electron chi connectivity index (χ0n) is 10.8. The predicted molar refractivity (Wildman–Crippen MR) is 77.8 cm³/mol. The summed E-state index contributed by atoms with van der Waals surface area (Å²) in [6.45, 7) is 0. The number of carbonyl (C=O) groups is 1. The van der Waals surface area contributed by atoms with E-state index in [0.717, 1.165) is 0 Å². The molecule has 0 atom stereocenters. The molecular weight excluding hydrogens is 248 g/mol. The Morgan fingerprint density at radius 2 is 1.90 bits per heavy atom. The van der Waals surface area contributed by atoms with Crippen LogP contribution in [0.3, 0.4) is 0 Å². The number of carbonyl (C=O) groups excluding carboxylic acids is 1. The smallest absolute Gasteiger partial charge is 0.195 e. The number of nitrogen functional groups attached to an aromatic ring is 1. The van der Waals surface area contributed by atoms with Gasteiger partial charge < -0.3 is 5.73 Å². The van der Waals surface area contributed by atoms with E-state index in [1.165, 1.54) is 0 Å². The van der Waals surface area contributed by atoms with Gasteiger partial charge in [0, 0.05) is 22.4 Å². The van der Waals surface area contributed by atoms with Crippen LogP contribution in [0.1, 0.15) is 27.9 Å². The van der Waals surface area contributed by atoms with Gasteiger partial charge in [-0.2, -0.15) is 5.26 Å². The monoisotopic (exact) mass is 260 g/mol. The van der Waals surface area contributed by atoms with Gasteiger partial charge in [0.25, 0.3) is 0 Å². The van der Waals surface area contributed by atoms with E-state index in [1.807, 2.05) is 12.1 Å². The lowest BCUT2D eigenvalue weighted by atomic mass is 10.00. The molecule has 0 saturated carbocycles. The largest absolute Gasteiger partial charge is 0.398 e. The van der Waals surface area contributed by atoms with Gasteiger partial charge in [-0.05, 0) is 18.2 Å². The van der Waals surface area contributed by atoms with Gasteiger partial charge in [0.2, 0.25) is 0 Å². The van der Waals surface area contributed by atoms with Gasteiger partial charge in [-0.1, -0.05) is 42.2 Å². The first-order valence-electron chi connectivity index (χ1n) is 6.07. The van der Waals surface area contributed by atoms with E-state index in [-0.39, 0.29) is 12.2 Å². The quantitative estimate of drug-likeness (QED) is 0.513. The molecule has 0 aliphatic carbocycles. The molecule has 0 bridgehead atoms. The number of nitrogens with two attached hydrogens (primary N) is 1. The summed E-state index contributed by atoms with van der Waals surface area (Å²) in [6.07, 6.45) is 0.159. The summed E-state index contributed by atoms with van der Waals surface area (Å²) in [4.78, 5) is 12.4. The zero-order valence-corrected chi connectivity index (χ0v) is 10.8. The van der Waals surface area contributed by atoms with Crippen LogP contribution in [0.2, 0.25) is 0 Å². The molecule has 0 aromatic heterocycles. The Hall–Kier alpha value is -3.04. The molecule has 0 amide bonds. The summed E-state index contributed by atoms with van der Waals surface area (Å²) in [7, 11) is 0. The lowest BCUT2D eigenvalue weighted by Gasteiger charge is -2.05. The average Bonchev–Trinajstić information content (AvgIpc) is 2.49. The Morgan fingerprint density at radius 1 is 1.15 bits per heavy atom. The molecular formula is C17H12N2O. The van der Waals surface area contributed by atoms with Crippen molar-refractivity contribution in [1.29, 1.82) is 5.26 Å². The number of anilines is 1. The molecule has 96 valence electrons. The third kappa shape index (κ3) is 3.04. The number of hydrogen-bond acceptors (Lipinski definition) is 3. The maximum absolute atomic E-state index is 12.4. The Labute approximate surface area is 117 Å². The third-order valence-electron chi connectivity index (χ3n) is 2.73. The van der Waals surface area contributed by atoms with Crippen LogP contribution in [-0.2, 0) is 0 Å². The summed E-state index contributed by atoms with van der Waals surface area (Å²) in [5, 5.41) is 8.45. The standard InChI is InChI=1S/C17H12N2O/c18-11-5-4-6-13-9-10-16(19)15(12-13)17(20)14-7-2-1-3-8-14/h1-3,7-10,12H,5,19H2. The zero-order chi connectivity index (χ0) is 14.4. The molecule has 3 nitrogen and oxygen atoms in total. The van der Waals surface area contributed by atoms with E-state index in [0.29, 0.717) is 22.4 Å². The number of benzene rings is 2. The van der Waals surface area contributed by atoms with Crippen molar-refractivity contribution in [3.05, 3.63) is 65.2 Å². The second-order valence-corrected chi connectivity index (χ2v) is 4.13. The molecule has 0 fully saturated rings. The number of ketones is 1. The lowest BCUT2D eigenvalue weighted by Crippen LogP contribution is -2.05. The molecule has 0 radical (unpaired) electrons. The minimum Gasteiger partial charge on any atom is -0.398 e. The highest BCUT2D eigenvalue weighted by molar-refractivity contribution is 6.12. The van der Waals surface area contributed by atoms with E-state index < -0.39 is 0 Å². The number of nitrogens with zero attached hydrogens (tertiary/aromatic N) is 1. The highest BCUT2D eigenvalue weighted by Gasteiger charge is 2.12. The van der Waals surface area contributed by atoms with Gasteiger partial charge in [0.15, 0.2) is 5.78 Å². The summed E-state index contributed by atoms with van der Waals surface area (Å²) in [6, 6.07) is 16.0. The van der Waals surface area contributed by atoms with Gasteiger partial charge >= 0.3 is 0 Å². The minimum atomic E-state index is -0.132. The number of nitriles is 1. The average molecular weight is 260 g/mol. The van der Waals surface area contributed by atoms with Gasteiger partial charge in [-0.25, -0.2) is 0 Å². The molecule has 2 aromatic carbocycles. The van der Waals surface area contributed by atoms with E-state index in [1.54, 1.807) is 42.5 Å². The van der Waals surface area contributed by atoms with Gasteiger partial charge in [0.05, 0.1) is 12.5 Å². The first kappa shape index (κ1) is 13.4. The van der Waals surface area contributed by atoms with Crippen LogP contribution in [0.15, 0.2) is 48.5 Å². The Morgan fingerprint density at radius 3 is 2.60 bits per heavy atom. The molecule has 3 heteroatoms. The summed E-state index contributed by atoms with van der Waals surface area (Å²) in [5.41, 5.74) is 7.97. The van der Waals surface area contributed by atoms with Crippen molar-refractivity contribution < 1.29 is 4.79 Å². The fourth-order valence-electron chi connectivity index (χ4n) is 1.76. The van der Waals surface area contributed by atoms with Crippen LogP contribution in [-0.4, -0.2) is 5.78 Å². The van der Waals surface area contributed by atoms with Crippen LogP contribution in [0, 0.1) is 23.2 Å². The van der Waals surface area contributed by atoms with E-state index >= 15 is 0 Å². The van der Waals surface area contributed by atoms with E-state index in [2.05, 4.69) is 11.8 Å². The van der Waals surface area contributed by atoms with Crippen molar-refractivity contribution in [1.82, 2.24) is 0 Å². The van der Waals surface area contributed by atoms with Gasteiger partial charge in [0.1, 0.15) is 0 Å². The summed E-state index contributed by atoms with van der Waals surface area (Å²) < 4.78 is 0. The van der Waals surface area contributed by atoms with Crippen LogP contribution < -0.4 is 5.73 Å². The summed E-state index contributed by atoms with van der Waals surface area (Å²) in [5.74, 6) is 5.42. The van der Waals surface area contributed by atoms with Crippen LogP contribution in [0.25, 0.3) is 0 Å². The molecule has 0 aliphatic rings. The topological polar surface area (TPSA) is 66.9 Å². The normalized spacial score (nSPS) is 9.15. The van der Waals surface area contributed by atoms with Gasteiger partial charge in [-0.15, -0.1) is 0 Å². The molecule has 0 unspecified atom stereocenters. The summed E-state index contributed by atoms with van der Waals surface area (Å²) >= 11 is 0. The van der Waals surface area contributed by atoms with Gasteiger partial charge in [-0.3, -0.25) is 4.79 Å². The highest BCUT2D eigenvalue weighted by atomic mass is 16.1. The molecule has 2 rings (SSSR count). The van der Waals surface area contributed by atoms with E-state index in [9.17, 15) is 4.79 Å². The van der Waals surface area contributed by atoms with Crippen molar-refractivity contribution in [3.8, 4) is 17.9 Å². The second kappa shape index (κ2) is 6.22. The first-order chi connectivity index (χ1) is 9.72. The van der Waals surface area contributed by atoms with Crippen molar-refractivity contribution >= 4 is 11.5 Å². The maximum Gasteiger partial charge on any atom is 0.195 e. The Kier molecular flexibility index (Phi) is 4.17. The predicted octanol–water partition coefficient (Wildman–Crippen LogP) is 2.76. The van der Waals surface area contributed by atoms with Crippen molar-refractivity contribution in [3.63, 3.8) is 0 Å². The molecule has 20 heavy (non-hydrogen) atoms. The number of hydrogen-bond donors (Lipinski definition) is 1. The Bertz CT molecular complexity index is 731. The lowest BCUT2D eigenvalue weighted by molar-refractivity contribution is 0.103. The Balaban J connectivity index is 2.38. The number of rotatable bonds is 2. The molecule has 2 N–H and O–H groups in total. The van der Waals surface area contributed by atoms with Crippen LogP contribution in [0.4, 0.5) is 5.69 Å². The fraction of sp³-hybridized carbons (Fsp3) is 0.0588. The first-order valence-corrected chi connectivity index (χ1v) is 6.07. The van der Waals surface area contributed by atoms with Crippen LogP contribution in [0.5, 0.6) is 0 Å². The molecule has 2 aromatic rings. The molecule has 0 aliphatic heterocycles. The van der Waals surface area contributed by atoms with E-state index in [4.69, 9.17) is 11.0 Å². The molecule has 0 heterocycles.